The lowest BCUT2D eigenvalue weighted by molar-refractivity contribution is 0.242. The van der Waals surface area contributed by atoms with E-state index in [0.29, 0.717) is 0 Å². The van der Waals surface area contributed by atoms with E-state index in [4.69, 9.17) is 10.2 Å². The Morgan fingerprint density at radius 1 is 1.44 bits per heavy atom. The normalized spacial score (nSPS) is 13.7. The molecule has 0 saturated heterocycles. The van der Waals surface area contributed by atoms with Crippen LogP contribution in [0, 0.1) is 0 Å². The highest BCUT2D eigenvalue weighted by Gasteiger charge is 1.94. The molecule has 0 aliphatic rings. The summed E-state index contributed by atoms with van der Waals surface area (Å²) < 4.78 is 0. The third-order valence-corrected chi connectivity index (χ3v) is 1.10. The summed E-state index contributed by atoms with van der Waals surface area (Å²) in [5, 5.41) is 19.9. The van der Waals surface area contributed by atoms with Crippen molar-refractivity contribution in [2.24, 2.45) is 0 Å². The quantitative estimate of drug-likeness (QED) is 0.436. The molecule has 0 amide bonds. The van der Waals surface area contributed by atoms with Gasteiger partial charge >= 0.3 is 0 Å². The van der Waals surface area contributed by atoms with E-state index in [1.807, 2.05) is 6.92 Å². The second kappa shape index (κ2) is 6.01. The van der Waals surface area contributed by atoms with Gasteiger partial charge < -0.3 is 15.5 Å². The average molecular weight is 133 g/mol. The van der Waals surface area contributed by atoms with Gasteiger partial charge in [0.15, 0.2) is 0 Å². The fourth-order valence-corrected chi connectivity index (χ4v) is 0.492. The molecule has 0 saturated carbocycles. The summed E-state index contributed by atoms with van der Waals surface area (Å²) in [5.41, 5.74) is 0. The van der Waals surface area contributed by atoms with Crippen molar-refractivity contribution in [2.75, 3.05) is 19.8 Å². The Kier molecular flexibility index (Phi) is 5.93. The highest BCUT2D eigenvalue weighted by atomic mass is 16.3. The van der Waals surface area contributed by atoms with E-state index in [0.717, 1.165) is 13.0 Å². The van der Waals surface area contributed by atoms with Gasteiger partial charge in [0.1, 0.15) is 0 Å². The predicted molar refractivity (Wildman–Crippen MR) is 36.3 cm³/mol. The maximum atomic E-state index is 8.51. The molecule has 0 bridgehead atoms. The summed E-state index contributed by atoms with van der Waals surface area (Å²) in [4.78, 5) is 0. The minimum atomic E-state index is 0.150. The van der Waals surface area contributed by atoms with Crippen molar-refractivity contribution in [3.05, 3.63) is 0 Å². The zero-order valence-electron chi connectivity index (χ0n) is 5.80. The Labute approximate surface area is 55.7 Å². The molecule has 3 N–H and O–H groups in total. The molecule has 0 heterocycles. The first-order valence-electron chi connectivity index (χ1n) is 3.26. The second-order valence-electron chi connectivity index (χ2n) is 2.11. The molecule has 0 aromatic carbocycles. The highest BCUT2D eigenvalue weighted by Crippen LogP contribution is 1.78. The number of aliphatic hydroxyl groups is 2. The first kappa shape index (κ1) is 8.88. The summed E-state index contributed by atoms with van der Waals surface area (Å²) in [7, 11) is 0. The lowest BCUT2D eigenvalue weighted by Crippen LogP contribution is -2.30. The second-order valence-corrected chi connectivity index (χ2v) is 2.11. The van der Waals surface area contributed by atoms with Crippen LogP contribution in [0.3, 0.4) is 0 Å². The molecule has 0 aromatic heterocycles. The Bertz CT molecular complexity index is 59.0. The first-order chi connectivity index (χ1) is 4.31. The van der Waals surface area contributed by atoms with Crippen molar-refractivity contribution in [1.82, 2.24) is 5.32 Å². The topological polar surface area (TPSA) is 52.5 Å². The molecule has 1 atom stereocenters. The predicted octanol–water partition coefficient (Wildman–Crippen LogP) is -0.661. The van der Waals surface area contributed by atoms with E-state index in [2.05, 4.69) is 5.32 Å². The summed E-state index contributed by atoms with van der Waals surface area (Å²) >= 11 is 0. The van der Waals surface area contributed by atoms with E-state index in [9.17, 15) is 0 Å². The molecule has 3 nitrogen and oxygen atoms in total. The molecule has 0 radical (unpaired) electrons. The third-order valence-electron chi connectivity index (χ3n) is 1.10. The molecular formula is C6H15NO2. The van der Waals surface area contributed by atoms with Crippen LogP contribution in [0.5, 0.6) is 0 Å². The van der Waals surface area contributed by atoms with Gasteiger partial charge in [0.2, 0.25) is 0 Å². The lowest BCUT2D eigenvalue weighted by Gasteiger charge is -2.08. The van der Waals surface area contributed by atoms with E-state index in [1.54, 1.807) is 0 Å². The molecule has 0 aromatic rings. The van der Waals surface area contributed by atoms with Crippen LogP contribution in [-0.2, 0) is 0 Å². The summed E-state index contributed by atoms with van der Waals surface area (Å²) in [5.74, 6) is 0. The van der Waals surface area contributed by atoms with Crippen LogP contribution in [0.2, 0.25) is 0 Å². The molecule has 56 valence electrons. The number of hydrogen-bond acceptors (Lipinski definition) is 3. The van der Waals surface area contributed by atoms with Gasteiger partial charge in [-0.2, -0.15) is 0 Å². The molecule has 9 heavy (non-hydrogen) atoms. The van der Waals surface area contributed by atoms with Crippen LogP contribution in [0.1, 0.15) is 13.3 Å². The fraction of sp³-hybridized carbons (Fsp3) is 1.00. The fourth-order valence-electron chi connectivity index (χ4n) is 0.492. The lowest BCUT2D eigenvalue weighted by atomic mass is 10.3. The van der Waals surface area contributed by atoms with Crippen LogP contribution in [0.15, 0.2) is 0 Å². The van der Waals surface area contributed by atoms with Crippen molar-refractivity contribution in [3.8, 4) is 0 Å². The third kappa shape index (κ3) is 5.76. The molecule has 0 aliphatic heterocycles. The zero-order chi connectivity index (χ0) is 7.11. The van der Waals surface area contributed by atoms with Crippen LogP contribution < -0.4 is 5.32 Å². The summed E-state index contributed by atoms with van der Waals surface area (Å²) in [6, 6.07) is 0.150. The van der Waals surface area contributed by atoms with Crippen molar-refractivity contribution >= 4 is 0 Å². The molecule has 1 unspecified atom stereocenters. The average Bonchev–Trinajstić information content (AvgIpc) is 1.89. The molecular weight excluding hydrogens is 118 g/mol. The largest absolute Gasteiger partial charge is 0.396 e. The number of aliphatic hydroxyl groups excluding tert-OH is 2. The van der Waals surface area contributed by atoms with Gasteiger partial charge in [-0.25, -0.2) is 0 Å². The maximum absolute atomic E-state index is 8.51. The SMILES string of the molecule is CC(CO)NCCCO. The monoisotopic (exact) mass is 133 g/mol. The van der Waals surface area contributed by atoms with E-state index in [1.165, 1.54) is 0 Å². The van der Waals surface area contributed by atoms with Gasteiger partial charge in [-0.1, -0.05) is 0 Å². The zero-order valence-corrected chi connectivity index (χ0v) is 5.80. The van der Waals surface area contributed by atoms with Gasteiger partial charge in [-0.05, 0) is 19.9 Å². The van der Waals surface area contributed by atoms with Gasteiger partial charge in [0.25, 0.3) is 0 Å². The van der Waals surface area contributed by atoms with Crippen molar-refractivity contribution in [2.45, 2.75) is 19.4 Å². The highest BCUT2D eigenvalue weighted by molar-refractivity contribution is 4.56. The smallest absolute Gasteiger partial charge is 0.0581 e. The van der Waals surface area contributed by atoms with Gasteiger partial charge in [-0.3, -0.25) is 0 Å². The first-order valence-corrected chi connectivity index (χ1v) is 3.26. The number of hydrogen-bond donors (Lipinski definition) is 3. The van der Waals surface area contributed by atoms with E-state index >= 15 is 0 Å². The Morgan fingerprint density at radius 2 is 2.11 bits per heavy atom. The minimum Gasteiger partial charge on any atom is -0.396 e. The summed E-state index contributed by atoms with van der Waals surface area (Å²) in [6.07, 6.45) is 0.754. The number of rotatable bonds is 5. The minimum absolute atomic E-state index is 0.150. The molecule has 3 heteroatoms. The van der Waals surface area contributed by atoms with Crippen LogP contribution in [0.25, 0.3) is 0 Å². The standard InChI is InChI=1S/C6H15NO2/c1-6(5-9)7-3-2-4-8/h6-9H,2-5H2,1H3. The van der Waals surface area contributed by atoms with Crippen LogP contribution >= 0.6 is 0 Å². The van der Waals surface area contributed by atoms with E-state index in [-0.39, 0.29) is 19.3 Å². The number of nitrogens with one attached hydrogen (secondary N) is 1. The van der Waals surface area contributed by atoms with Crippen molar-refractivity contribution < 1.29 is 10.2 Å². The van der Waals surface area contributed by atoms with Crippen LogP contribution in [-0.4, -0.2) is 36.0 Å². The Balaban J connectivity index is 2.88. The molecule has 0 rings (SSSR count). The van der Waals surface area contributed by atoms with Gasteiger partial charge in [0, 0.05) is 12.6 Å². The molecule has 0 aliphatic carbocycles. The van der Waals surface area contributed by atoms with Crippen molar-refractivity contribution in [1.29, 1.82) is 0 Å². The Morgan fingerprint density at radius 3 is 2.56 bits per heavy atom. The van der Waals surface area contributed by atoms with Gasteiger partial charge in [-0.15, -0.1) is 0 Å². The molecule has 0 fully saturated rings. The van der Waals surface area contributed by atoms with Crippen molar-refractivity contribution in [3.63, 3.8) is 0 Å². The van der Waals surface area contributed by atoms with Gasteiger partial charge in [0.05, 0.1) is 6.61 Å². The van der Waals surface area contributed by atoms with Crippen LogP contribution in [0.4, 0.5) is 0 Å². The summed E-state index contributed by atoms with van der Waals surface area (Å²) in [6.45, 7) is 3.05. The maximum Gasteiger partial charge on any atom is 0.0581 e. The molecule has 0 spiro atoms. The Hall–Kier alpha value is -0.120. The van der Waals surface area contributed by atoms with E-state index < -0.39 is 0 Å².